The third-order valence-corrected chi connectivity index (χ3v) is 5.98. The summed E-state index contributed by atoms with van der Waals surface area (Å²) in [6, 6.07) is 2.06. The molecular weight excluding hydrogens is 344 g/mol. The van der Waals surface area contributed by atoms with Crippen molar-refractivity contribution in [1.82, 2.24) is 9.78 Å². The Morgan fingerprint density at radius 2 is 2.42 bits per heavy atom. The summed E-state index contributed by atoms with van der Waals surface area (Å²) in [5.41, 5.74) is 2.00. The van der Waals surface area contributed by atoms with Crippen molar-refractivity contribution in [3.63, 3.8) is 0 Å². The predicted molar refractivity (Wildman–Crippen MR) is 83.2 cm³/mol. The highest BCUT2D eigenvalue weighted by atomic mass is 79.9. The van der Waals surface area contributed by atoms with Crippen molar-refractivity contribution in [2.24, 2.45) is 0 Å². The van der Waals surface area contributed by atoms with Gasteiger partial charge in [0.15, 0.2) is 0 Å². The maximum atomic E-state index is 12.6. The average Bonchev–Trinajstić information content (AvgIpc) is 3.01. The van der Waals surface area contributed by atoms with E-state index in [-0.39, 0.29) is 5.78 Å². The van der Waals surface area contributed by atoms with Crippen LogP contribution in [0.15, 0.2) is 16.7 Å². The van der Waals surface area contributed by atoms with Gasteiger partial charge in [-0.2, -0.15) is 16.9 Å². The van der Waals surface area contributed by atoms with Gasteiger partial charge in [-0.25, -0.2) is 0 Å². The average molecular weight is 357 g/mol. The molecule has 6 heteroatoms. The Bertz CT molecular complexity index is 609. The van der Waals surface area contributed by atoms with Crippen molar-refractivity contribution >= 4 is 44.8 Å². The van der Waals surface area contributed by atoms with Gasteiger partial charge >= 0.3 is 0 Å². The van der Waals surface area contributed by atoms with Gasteiger partial charge in [0.2, 0.25) is 5.78 Å². The molecule has 2 aromatic rings. The molecule has 0 radical (unpaired) electrons. The van der Waals surface area contributed by atoms with Crippen LogP contribution in [0.4, 0.5) is 0 Å². The van der Waals surface area contributed by atoms with Crippen LogP contribution in [0, 0.1) is 0 Å². The first-order chi connectivity index (χ1) is 9.20. The minimum atomic E-state index is 0.0793. The van der Waals surface area contributed by atoms with Crippen LogP contribution in [-0.4, -0.2) is 21.3 Å². The van der Waals surface area contributed by atoms with Crippen molar-refractivity contribution < 1.29 is 4.79 Å². The Kier molecular flexibility index (Phi) is 3.82. The first-order valence-electron chi connectivity index (χ1n) is 6.16. The van der Waals surface area contributed by atoms with Crippen LogP contribution in [0.5, 0.6) is 0 Å². The van der Waals surface area contributed by atoms with Crippen LogP contribution in [0.3, 0.4) is 0 Å². The molecule has 0 N–H and O–H groups in total. The molecule has 0 aromatic carbocycles. The number of ketones is 1. The first-order valence-corrected chi connectivity index (χ1v) is 8.92. The van der Waals surface area contributed by atoms with Crippen LogP contribution in [0.2, 0.25) is 0 Å². The van der Waals surface area contributed by atoms with Crippen LogP contribution >= 0.6 is 39.0 Å². The number of aromatic nitrogens is 2. The Morgan fingerprint density at radius 3 is 3.16 bits per heavy atom. The number of hydrogen-bond acceptors (Lipinski definition) is 4. The molecule has 0 unspecified atom stereocenters. The molecule has 0 saturated heterocycles. The minimum Gasteiger partial charge on any atom is -0.286 e. The highest BCUT2D eigenvalue weighted by Gasteiger charge is 2.22. The van der Waals surface area contributed by atoms with Crippen LogP contribution in [0.25, 0.3) is 0 Å². The number of halogens is 1. The summed E-state index contributed by atoms with van der Waals surface area (Å²) < 4.78 is 2.53. The third-order valence-electron chi connectivity index (χ3n) is 3.16. The zero-order chi connectivity index (χ0) is 13.4. The van der Waals surface area contributed by atoms with E-state index in [1.807, 2.05) is 18.7 Å². The number of carbonyl (C=O) groups excluding carboxylic acids is 1. The molecule has 3 heterocycles. The summed E-state index contributed by atoms with van der Waals surface area (Å²) in [6.07, 6.45) is 2.78. The third kappa shape index (κ3) is 2.41. The number of aryl methyl sites for hydroxylation is 2. The molecule has 0 fully saturated rings. The van der Waals surface area contributed by atoms with E-state index in [1.165, 1.54) is 10.4 Å². The molecule has 0 atom stereocenters. The van der Waals surface area contributed by atoms with Gasteiger partial charge in [0.25, 0.3) is 0 Å². The fourth-order valence-corrected chi connectivity index (χ4v) is 4.99. The topological polar surface area (TPSA) is 34.9 Å². The molecule has 2 aromatic heterocycles. The Labute approximate surface area is 128 Å². The summed E-state index contributed by atoms with van der Waals surface area (Å²) in [7, 11) is 0. The molecule has 0 bridgehead atoms. The molecule has 0 saturated carbocycles. The summed E-state index contributed by atoms with van der Waals surface area (Å²) in [6.45, 7) is 2.69. The van der Waals surface area contributed by atoms with Crippen molar-refractivity contribution in [2.45, 2.75) is 25.6 Å². The maximum Gasteiger partial charge on any atom is 0.222 e. The van der Waals surface area contributed by atoms with E-state index in [0.29, 0.717) is 12.2 Å². The van der Waals surface area contributed by atoms with E-state index >= 15 is 0 Å². The number of thiophene rings is 1. The second kappa shape index (κ2) is 5.42. The molecule has 0 spiro atoms. The lowest BCUT2D eigenvalue weighted by atomic mass is 10.2. The van der Waals surface area contributed by atoms with Crippen LogP contribution in [-0.2, 0) is 18.7 Å². The van der Waals surface area contributed by atoms with Crippen molar-refractivity contribution in [1.29, 1.82) is 0 Å². The van der Waals surface area contributed by atoms with Gasteiger partial charge in [-0.05, 0) is 46.7 Å². The molecule has 1 aliphatic rings. The Balaban J connectivity index is 1.99. The van der Waals surface area contributed by atoms with Crippen LogP contribution in [0.1, 0.15) is 32.7 Å². The molecular formula is C13H13BrN2OS2. The SMILES string of the molecule is CCn1ncc(Br)c1C(=O)c1cc2c(s1)CCSC2. The van der Waals surface area contributed by atoms with Crippen LogP contribution < -0.4 is 0 Å². The summed E-state index contributed by atoms with van der Waals surface area (Å²) in [5.74, 6) is 2.28. The second-order valence-corrected chi connectivity index (χ2v) is 7.44. The number of nitrogens with zero attached hydrogens (tertiary/aromatic N) is 2. The summed E-state index contributed by atoms with van der Waals surface area (Å²) in [4.78, 5) is 14.9. The van der Waals surface area contributed by atoms with Gasteiger partial charge in [0, 0.05) is 17.2 Å². The fraction of sp³-hybridized carbons (Fsp3) is 0.385. The Hall–Kier alpha value is -0.590. The molecule has 0 amide bonds. The zero-order valence-corrected chi connectivity index (χ0v) is 13.7. The van der Waals surface area contributed by atoms with Gasteiger partial charge < -0.3 is 0 Å². The van der Waals surface area contributed by atoms with Gasteiger partial charge in [0.05, 0.1) is 15.5 Å². The molecule has 1 aliphatic heterocycles. The predicted octanol–water partition coefficient (Wildman–Crippen LogP) is 3.75. The molecule has 3 rings (SSSR count). The van der Waals surface area contributed by atoms with E-state index < -0.39 is 0 Å². The highest BCUT2D eigenvalue weighted by Crippen LogP contribution is 2.33. The van der Waals surface area contributed by atoms with Crippen molar-refractivity contribution in [2.75, 3.05) is 5.75 Å². The van der Waals surface area contributed by atoms with Crippen molar-refractivity contribution in [3.8, 4) is 0 Å². The van der Waals surface area contributed by atoms with E-state index in [1.54, 1.807) is 22.2 Å². The fourth-order valence-electron chi connectivity index (χ4n) is 2.20. The van der Waals surface area contributed by atoms with Gasteiger partial charge in [-0.1, -0.05) is 0 Å². The van der Waals surface area contributed by atoms with Gasteiger partial charge in [0.1, 0.15) is 5.69 Å². The number of fused-ring (bicyclic) bond motifs is 1. The monoisotopic (exact) mass is 356 g/mol. The largest absolute Gasteiger partial charge is 0.286 e. The van der Waals surface area contributed by atoms with E-state index in [9.17, 15) is 4.79 Å². The van der Waals surface area contributed by atoms with Crippen molar-refractivity contribution in [3.05, 3.63) is 37.7 Å². The van der Waals surface area contributed by atoms with Gasteiger partial charge in [-0.15, -0.1) is 11.3 Å². The van der Waals surface area contributed by atoms with E-state index in [4.69, 9.17) is 0 Å². The second-order valence-electron chi connectivity index (χ2n) is 4.35. The number of carbonyl (C=O) groups is 1. The highest BCUT2D eigenvalue weighted by molar-refractivity contribution is 9.10. The number of hydrogen-bond donors (Lipinski definition) is 0. The normalized spacial score (nSPS) is 14.4. The van der Waals surface area contributed by atoms with E-state index in [2.05, 4.69) is 27.1 Å². The number of thioether (sulfide) groups is 1. The minimum absolute atomic E-state index is 0.0793. The Morgan fingerprint density at radius 1 is 1.58 bits per heavy atom. The lowest BCUT2D eigenvalue weighted by Gasteiger charge is -2.08. The maximum absolute atomic E-state index is 12.6. The quantitative estimate of drug-likeness (QED) is 0.785. The molecule has 19 heavy (non-hydrogen) atoms. The molecule has 0 aliphatic carbocycles. The lowest BCUT2D eigenvalue weighted by molar-refractivity contribution is 0.103. The zero-order valence-electron chi connectivity index (χ0n) is 10.5. The standard InChI is InChI=1S/C13H13BrN2OS2/c1-2-16-12(9(14)6-15-16)13(17)11-5-8-7-18-4-3-10(8)19-11/h5-6H,2-4,7H2,1H3. The molecule has 100 valence electrons. The summed E-state index contributed by atoms with van der Waals surface area (Å²) >= 11 is 7.01. The first kappa shape index (κ1) is 13.4. The van der Waals surface area contributed by atoms with E-state index in [0.717, 1.165) is 27.3 Å². The smallest absolute Gasteiger partial charge is 0.222 e. The molecule has 3 nitrogen and oxygen atoms in total. The lowest BCUT2D eigenvalue weighted by Crippen LogP contribution is -2.10. The number of rotatable bonds is 3. The summed E-state index contributed by atoms with van der Waals surface area (Å²) in [5, 5.41) is 4.21. The van der Waals surface area contributed by atoms with Gasteiger partial charge in [-0.3, -0.25) is 9.48 Å².